The van der Waals surface area contributed by atoms with E-state index >= 15 is 0 Å². The lowest BCUT2D eigenvalue weighted by atomic mass is 10.1. The van der Waals surface area contributed by atoms with Crippen molar-refractivity contribution in [2.24, 2.45) is 5.92 Å². The number of benzene rings is 1. The summed E-state index contributed by atoms with van der Waals surface area (Å²) in [4.78, 5) is 26.5. The molecule has 0 fully saturated rings. The van der Waals surface area contributed by atoms with E-state index in [9.17, 15) is 9.59 Å². The Hall–Kier alpha value is -2.10. The summed E-state index contributed by atoms with van der Waals surface area (Å²) in [6, 6.07) is 9.03. The molecule has 0 aliphatic heterocycles. The summed E-state index contributed by atoms with van der Waals surface area (Å²) in [7, 11) is 0. The van der Waals surface area contributed by atoms with Gasteiger partial charge in [0.2, 0.25) is 5.91 Å². The molecule has 19 heavy (non-hydrogen) atoms. The van der Waals surface area contributed by atoms with Crippen molar-refractivity contribution in [2.75, 3.05) is 6.54 Å². The number of nitrogens with one attached hydrogen (secondary N) is 2. The fraction of sp³-hybridized carbons (Fsp3) is 0.333. The first-order chi connectivity index (χ1) is 9.08. The number of hydrogen-bond acceptors (Lipinski definition) is 2. The second kappa shape index (κ2) is 5.69. The van der Waals surface area contributed by atoms with E-state index < -0.39 is 0 Å². The molecule has 0 bridgehead atoms. The number of amides is 1. The van der Waals surface area contributed by atoms with E-state index in [2.05, 4.69) is 10.3 Å². The maximum atomic E-state index is 11.9. The van der Waals surface area contributed by atoms with Crippen LogP contribution in [0.5, 0.6) is 0 Å². The summed E-state index contributed by atoms with van der Waals surface area (Å²) in [5.74, 6) is 0.0128. The minimum absolute atomic E-state index is 0.0135. The first-order valence-electron chi connectivity index (χ1n) is 6.46. The van der Waals surface area contributed by atoms with Gasteiger partial charge in [0.1, 0.15) is 0 Å². The molecule has 0 radical (unpaired) electrons. The molecule has 2 N–H and O–H groups in total. The molecule has 0 spiro atoms. The maximum absolute atomic E-state index is 11.9. The Kier molecular flexibility index (Phi) is 4.00. The van der Waals surface area contributed by atoms with Crippen molar-refractivity contribution in [3.05, 3.63) is 46.2 Å². The summed E-state index contributed by atoms with van der Waals surface area (Å²) >= 11 is 0. The SMILES string of the molecule is CC(C)C(=O)NCCc1cc(=O)c2ccccc2[nH]1. The number of carbonyl (C=O) groups is 1. The molecule has 4 heteroatoms. The average molecular weight is 258 g/mol. The normalized spacial score (nSPS) is 10.9. The molecule has 0 aliphatic rings. The second-order valence-corrected chi connectivity index (χ2v) is 4.90. The first kappa shape index (κ1) is 13.3. The number of pyridine rings is 1. The third-order valence-electron chi connectivity index (χ3n) is 3.01. The van der Waals surface area contributed by atoms with Gasteiger partial charge < -0.3 is 10.3 Å². The number of hydrogen-bond donors (Lipinski definition) is 2. The van der Waals surface area contributed by atoms with E-state index in [-0.39, 0.29) is 17.3 Å². The van der Waals surface area contributed by atoms with E-state index in [4.69, 9.17) is 0 Å². The van der Waals surface area contributed by atoms with Gasteiger partial charge in [-0.15, -0.1) is 0 Å². The first-order valence-corrected chi connectivity index (χ1v) is 6.46. The summed E-state index contributed by atoms with van der Waals surface area (Å²) in [5, 5.41) is 3.53. The molecule has 4 nitrogen and oxygen atoms in total. The third kappa shape index (κ3) is 3.22. The van der Waals surface area contributed by atoms with Crippen LogP contribution >= 0.6 is 0 Å². The monoisotopic (exact) mass is 258 g/mol. The Morgan fingerprint density at radius 2 is 2.05 bits per heavy atom. The molecular weight excluding hydrogens is 240 g/mol. The number of para-hydroxylation sites is 1. The van der Waals surface area contributed by atoms with E-state index in [1.54, 1.807) is 12.1 Å². The van der Waals surface area contributed by atoms with Crippen LogP contribution in [0.1, 0.15) is 19.5 Å². The zero-order chi connectivity index (χ0) is 13.8. The number of aromatic nitrogens is 1. The van der Waals surface area contributed by atoms with Gasteiger partial charge in [0.05, 0.1) is 0 Å². The lowest BCUT2D eigenvalue weighted by molar-refractivity contribution is -0.123. The number of aromatic amines is 1. The van der Waals surface area contributed by atoms with Gasteiger partial charge in [-0.05, 0) is 12.1 Å². The molecule has 0 saturated heterocycles. The highest BCUT2D eigenvalue weighted by atomic mass is 16.1. The summed E-state index contributed by atoms with van der Waals surface area (Å²) in [6.07, 6.45) is 0.624. The Morgan fingerprint density at radius 3 is 2.79 bits per heavy atom. The molecule has 0 atom stereocenters. The maximum Gasteiger partial charge on any atom is 0.222 e. The van der Waals surface area contributed by atoms with Crippen LogP contribution in [0.15, 0.2) is 35.1 Å². The third-order valence-corrected chi connectivity index (χ3v) is 3.01. The highest BCUT2D eigenvalue weighted by molar-refractivity contribution is 5.78. The van der Waals surface area contributed by atoms with Crippen LogP contribution in [0.25, 0.3) is 10.9 Å². The highest BCUT2D eigenvalue weighted by Gasteiger charge is 2.06. The molecule has 100 valence electrons. The molecule has 1 heterocycles. The molecule has 2 rings (SSSR count). The molecule has 1 amide bonds. The Balaban J connectivity index is 2.10. The zero-order valence-electron chi connectivity index (χ0n) is 11.2. The van der Waals surface area contributed by atoms with E-state index in [1.807, 2.05) is 32.0 Å². The van der Waals surface area contributed by atoms with Crippen molar-refractivity contribution in [2.45, 2.75) is 20.3 Å². The fourth-order valence-corrected chi connectivity index (χ4v) is 1.91. The van der Waals surface area contributed by atoms with Gasteiger partial charge >= 0.3 is 0 Å². The van der Waals surface area contributed by atoms with Crippen molar-refractivity contribution in [3.63, 3.8) is 0 Å². The number of H-pyrrole nitrogens is 1. The lowest BCUT2D eigenvalue weighted by Gasteiger charge is -2.08. The quantitative estimate of drug-likeness (QED) is 0.879. The predicted molar refractivity (Wildman–Crippen MR) is 76.1 cm³/mol. The molecule has 1 aromatic heterocycles. The van der Waals surface area contributed by atoms with E-state index in [1.165, 1.54) is 0 Å². The highest BCUT2D eigenvalue weighted by Crippen LogP contribution is 2.07. The van der Waals surface area contributed by atoms with Crippen LogP contribution < -0.4 is 10.7 Å². The van der Waals surface area contributed by atoms with Crippen molar-refractivity contribution < 1.29 is 4.79 Å². The molecular formula is C15H18N2O2. The van der Waals surface area contributed by atoms with Crippen LogP contribution in [0.2, 0.25) is 0 Å². The van der Waals surface area contributed by atoms with Gasteiger partial charge in [-0.3, -0.25) is 9.59 Å². The predicted octanol–water partition coefficient (Wildman–Crippen LogP) is 1.84. The second-order valence-electron chi connectivity index (χ2n) is 4.90. The van der Waals surface area contributed by atoms with Crippen molar-refractivity contribution in [1.29, 1.82) is 0 Å². The minimum atomic E-state index is -0.0179. The Morgan fingerprint density at radius 1 is 1.32 bits per heavy atom. The molecule has 0 saturated carbocycles. The van der Waals surface area contributed by atoms with Crippen LogP contribution in [-0.2, 0) is 11.2 Å². The van der Waals surface area contributed by atoms with Gasteiger partial charge in [-0.1, -0.05) is 26.0 Å². The molecule has 0 unspecified atom stereocenters. The zero-order valence-corrected chi connectivity index (χ0v) is 11.2. The van der Waals surface area contributed by atoms with Crippen molar-refractivity contribution in [1.82, 2.24) is 10.3 Å². The lowest BCUT2D eigenvalue weighted by Crippen LogP contribution is -2.29. The summed E-state index contributed by atoms with van der Waals surface area (Å²) in [5.41, 5.74) is 1.69. The largest absolute Gasteiger partial charge is 0.358 e. The minimum Gasteiger partial charge on any atom is -0.358 e. The summed E-state index contributed by atoms with van der Waals surface area (Å²) < 4.78 is 0. The van der Waals surface area contributed by atoms with Crippen molar-refractivity contribution in [3.8, 4) is 0 Å². The standard InChI is InChI=1S/C15H18N2O2/c1-10(2)15(19)16-8-7-11-9-14(18)12-5-3-4-6-13(12)17-11/h3-6,9-10H,7-8H2,1-2H3,(H,16,19)(H,17,18). The van der Waals surface area contributed by atoms with E-state index in [0.717, 1.165) is 11.2 Å². The van der Waals surface area contributed by atoms with Gasteiger partial charge in [-0.2, -0.15) is 0 Å². The van der Waals surface area contributed by atoms with Crippen LogP contribution in [0.4, 0.5) is 0 Å². The smallest absolute Gasteiger partial charge is 0.222 e. The number of carbonyl (C=O) groups excluding carboxylic acids is 1. The van der Waals surface area contributed by atoms with E-state index in [0.29, 0.717) is 18.4 Å². The van der Waals surface area contributed by atoms with Gasteiger partial charge in [0, 0.05) is 41.5 Å². The topological polar surface area (TPSA) is 62.0 Å². The fourth-order valence-electron chi connectivity index (χ4n) is 1.91. The molecule has 2 aromatic rings. The van der Waals surface area contributed by atoms with Gasteiger partial charge in [-0.25, -0.2) is 0 Å². The number of rotatable bonds is 4. The number of fused-ring (bicyclic) bond motifs is 1. The average Bonchev–Trinajstić information content (AvgIpc) is 2.38. The van der Waals surface area contributed by atoms with Crippen LogP contribution in [0.3, 0.4) is 0 Å². The van der Waals surface area contributed by atoms with Crippen LogP contribution in [0, 0.1) is 5.92 Å². The Bertz CT molecular complexity index is 644. The van der Waals surface area contributed by atoms with Crippen molar-refractivity contribution >= 4 is 16.8 Å². The molecule has 0 aliphatic carbocycles. The van der Waals surface area contributed by atoms with Gasteiger partial charge in [0.15, 0.2) is 5.43 Å². The van der Waals surface area contributed by atoms with Crippen LogP contribution in [-0.4, -0.2) is 17.4 Å². The Labute approximate surface area is 111 Å². The molecule has 1 aromatic carbocycles. The summed E-state index contributed by atoms with van der Waals surface area (Å²) in [6.45, 7) is 4.24. The van der Waals surface area contributed by atoms with Gasteiger partial charge in [0.25, 0.3) is 0 Å².